The maximum absolute atomic E-state index is 15.6. The van der Waals surface area contributed by atoms with Crippen LogP contribution in [0, 0.1) is 23.1 Å². The Labute approximate surface area is 196 Å². The summed E-state index contributed by atoms with van der Waals surface area (Å²) >= 11 is 0. The number of rotatable bonds is 5. The largest absolute Gasteiger partial charge is 0.444 e. The lowest BCUT2D eigenvalue weighted by Crippen LogP contribution is -2.33. The molecule has 2 heterocycles. The van der Waals surface area contributed by atoms with Crippen molar-refractivity contribution in [3.63, 3.8) is 0 Å². The number of hydrogen-bond donors (Lipinski definition) is 0. The summed E-state index contributed by atoms with van der Waals surface area (Å²) in [6.07, 6.45) is 1.37. The molecule has 0 aliphatic heterocycles. The molecule has 8 nitrogen and oxygen atoms in total. The minimum Gasteiger partial charge on any atom is -0.444 e. The number of carbonyl (C=O) groups excluding carboxylic acids is 1. The van der Waals surface area contributed by atoms with E-state index in [1.165, 1.54) is 37.4 Å². The van der Waals surface area contributed by atoms with Crippen LogP contribution in [0.25, 0.3) is 11.3 Å². The molecular formula is C23H22F2N4O4S. The van der Waals surface area contributed by atoms with Gasteiger partial charge in [0.2, 0.25) is 5.95 Å². The fraction of sp³-hybridized carbons (Fsp3) is 0.261. The summed E-state index contributed by atoms with van der Waals surface area (Å²) in [6.45, 7) is 4.65. The third-order valence-electron chi connectivity index (χ3n) is 4.63. The smallest absolute Gasteiger partial charge is 0.410 e. The molecule has 1 aromatic carbocycles. The van der Waals surface area contributed by atoms with Crippen LogP contribution in [0.15, 0.2) is 53.7 Å². The third kappa shape index (κ3) is 5.07. The minimum atomic E-state index is -4.46. The summed E-state index contributed by atoms with van der Waals surface area (Å²) in [6, 6.07) is 9.53. The van der Waals surface area contributed by atoms with Gasteiger partial charge in [-0.1, -0.05) is 6.07 Å². The van der Waals surface area contributed by atoms with Gasteiger partial charge in [-0.3, -0.25) is 0 Å². The number of nitrogens with zero attached hydrogens (tertiary/aromatic N) is 4. The molecule has 0 unspecified atom stereocenters. The lowest BCUT2D eigenvalue weighted by atomic mass is 10.1. The normalized spacial score (nSPS) is 11.7. The van der Waals surface area contributed by atoms with E-state index >= 15 is 4.39 Å². The zero-order chi connectivity index (χ0) is 25.3. The highest BCUT2D eigenvalue weighted by molar-refractivity contribution is 7.90. The quantitative estimate of drug-likeness (QED) is 0.496. The Morgan fingerprint density at radius 2 is 1.94 bits per heavy atom. The van der Waals surface area contributed by atoms with Crippen molar-refractivity contribution in [2.24, 2.45) is 0 Å². The molecule has 3 rings (SSSR count). The monoisotopic (exact) mass is 488 g/mol. The van der Waals surface area contributed by atoms with E-state index in [1.54, 1.807) is 20.8 Å². The molecule has 0 saturated heterocycles. The summed E-state index contributed by atoms with van der Waals surface area (Å²) < 4.78 is 62.8. The van der Waals surface area contributed by atoms with Crippen molar-refractivity contribution in [3.8, 4) is 17.3 Å². The van der Waals surface area contributed by atoms with Gasteiger partial charge in [-0.15, -0.1) is 0 Å². The van der Waals surface area contributed by atoms with E-state index in [0.717, 1.165) is 23.4 Å². The Hall–Kier alpha value is -3.78. The van der Waals surface area contributed by atoms with Gasteiger partial charge in [0.15, 0.2) is 5.82 Å². The van der Waals surface area contributed by atoms with Gasteiger partial charge in [0.05, 0.1) is 28.6 Å². The van der Waals surface area contributed by atoms with E-state index in [4.69, 9.17) is 10.00 Å². The van der Waals surface area contributed by atoms with Crippen LogP contribution in [0.2, 0.25) is 0 Å². The van der Waals surface area contributed by atoms with Crippen LogP contribution in [0.5, 0.6) is 0 Å². The van der Waals surface area contributed by atoms with Gasteiger partial charge in [0.25, 0.3) is 10.0 Å². The molecule has 0 aliphatic carbocycles. The van der Waals surface area contributed by atoms with Crippen LogP contribution < -0.4 is 0 Å². The van der Waals surface area contributed by atoms with Crippen molar-refractivity contribution >= 4 is 16.1 Å². The van der Waals surface area contributed by atoms with Crippen LogP contribution in [0.1, 0.15) is 31.9 Å². The zero-order valence-electron chi connectivity index (χ0n) is 18.9. The number of nitriles is 1. The summed E-state index contributed by atoms with van der Waals surface area (Å²) in [5, 5.41) is 9.13. The number of ether oxygens (including phenoxy) is 1. The third-order valence-corrected chi connectivity index (χ3v) is 6.29. The molecule has 1 amide bonds. The van der Waals surface area contributed by atoms with Crippen LogP contribution in [-0.4, -0.2) is 41.0 Å². The first-order valence-corrected chi connectivity index (χ1v) is 11.5. The number of halogens is 2. The first-order valence-electron chi connectivity index (χ1n) is 10.1. The Morgan fingerprint density at radius 1 is 1.24 bits per heavy atom. The summed E-state index contributed by atoms with van der Waals surface area (Å²) in [4.78, 5) is 16.6. The highest BCUT2D eigenvalue weighted by Crippen LogP contribution is 2.32. The van der Waals surface area contributed by atoms with Crippen molar-refractivity contribution in [2.45, 2.75) is 37.8 Å². The Balaban J connectivity index is 2.17. The fourth-order valence-electron chi connectivity index (χ4n) is 3.11. The molecule has 0 radical (unpaired) electrons. The average molecular weight is 489 g/mol. The second kappa shape index (κ2) is 9.23. The van der Waals surface area contributed by atoms with Crippen molar-refractivity contribution in [2.75, 3.05) is 7.05 Å². The highest BCUT2D eigenvalue weighted by Gasteiger charge is 2.30. The van der Waals surface area contributed by atoms with E-state index in [2.05, 4.69) is 4.98 Å². The van der Waals surface area contributed by atoms with Gasteiger partial charge in [-0.2, -0.15) is 9.65 Å². The Bertz CT molecular complexity index is 1390. The van der Waals surface area contributed by atoms with Gasteiger partial charge in [-0.05, 0) is 51.1 Å². The number of hydrogen-bond acceptors (Lipinski definition) is 6. The predicted octanol–water partition coefficient (Wildman–Crippen LogP) is 4.30. The minimum absolute atomic E-state index is 0.0766. The molecule has 0 bridgehead atoms. The van der Waals surface area contributed by atoms with Crippen molar-refractivity contribution in [3.05, 3.63) is 71.7 Å². The molecule has 0 N–H and O–H groups in total. The van der Waals surface area contributed by atoms with Gasteiger partial charge in [0.1, 0.15) is 11.3 Å². The molecule has 11 heteroatoms. The van der Waals surface area contributed by atoms with Crippen molar-refractivity contribution in [1.82, 2.24) is 13.9 Å². The second-order valence-electron chi connectivity index (χ2n) is 8.44. The van der Waals surface area contributed by atoms with Gasteiger partial charge in [-0.25, -0.2) is 26.6 Å². The van der Waals surface area contributed by atoms with E-state index in [9.17, 15) is 17.6 Å². The van der Waals surface area contributed by atoms with Crippen molar-refractivity contribution in [1.29, 1.82) is 5.26 Å². The summed E-state index contributed by atoms with van der Waals surface area (Å²) in [5.41, 5.74) is -1.87. The topological polar surface area (TPSA) is 105 Å². The number of carbonyl (C=O) groups is 1. The first-order chi connectivity index (χ1) is 15.8. The molecule has 34 heavy (non-hydrogen) atoms. The van der Waals surface area contributed by atoms with Gasteiger partial charge in [0, 0.05) is 25.0 Å². The number of pyridine rings is 1. The molecule has 3 aromatic rings. The lowest BCUT2D eigenvalue weighted by molar-refractivity contribution is 0.0284. The molecule has 0 spiro atoms. The van der Waals surface area contributed by atoms with E-state index in [-0.39, 0.29) is 28.1 Å². The highest BCUT2D eigenvalue weighted by atomic mass is 32.2. The average Bonchev–Trinajstić information content (AvgIpc) is 3.09. The summed E-state index contributed by atoms with van der Waals surface area (Å²) in [7, 11) is -3.10. The van der Waals surface area contributed by atoms with Gasteiger partial charge >= 0.3 is 6.09 Å². The van der Waals surface area contributed by atoms with Crippen LogP contribution in [0.3, 0.4) is 0 Å². The molecule has 178 valence electrons. The van der Waals surface area contributed by atoms with Crippen LogP contribution in [0.4, 0.5) is 13.6 Å². The Kier molecular flexibility index (Phi) is 6.74. The van der Waals surface area contributed by atoms with E-state index in [1.807, 2.05) is 6.07 Å². The fourth-order valence-corrected chi connectivity index (χ4v) is 4.55. The number of aromatic nitrogens is 2. The second-order valence-corrected chi connectivity index (χ2v) is 10.3. The predicted molar refractivity (Wildman–Crippen MR) is 119 cm³/mol. The molecule has 0 atom stereocenters. The van der Waals surface area contributed by atoms with Crippen LogP contribution in [-0.2, 0) is 21.3 Å². The number of amides is 1. The molecule has 2 aromatic heterocycles. The van der Waals surface area contributed by atoms with E-state index < -0.39 is 39.2 Å². The molecule has 0 fully saturated rings. The molecular weight excluding hydrogens is 466 g/mol. The lowest BCUT2D eigenvalue weighted by Gasteiger charge is -2.24. The molecule has 0 aliphatic rings. The standard InChI is InChI=1S/C23H22F2N4O4S/c1-23(2,3)33-22(30)28(4)13-16-14-29(20(19(16)24)18-9-6-10-27-21(18)25)34(31,32)17-8-5-7-15(11-17)12-26/h5-11,14H,13H2,1-4H3. The van der Waals surface area contributed by atoms with E-state index in [0.29, 0.717) is 3.97 Å². The first kappa shape index (κ1) is 24.9. The SMILES string of the molecule is CN(Cc1cn(S(=O)(=O)c2cccc(C#N)c2)c(-c2cccnc2F)c1F)C(=O)OC(C)(C)C. The number of benzene rings is 1. The zero-order valence-corrected chi connectivity index (χ0v) is 19.7. The Morgan fingerprint density at radius 3 is 2.56 bits per heavy atom. The maximum Gasteiger partial charge on any atom is 0.410 e. The van der Waals surface area contributed by atoms with Crippen molar-refractivity contribution < 1.29 is 26.7 Å². The molecule has 0 saturated carbocycles. The van der Waals surface area contributed by atoms with Crippen LogP contribution >= 0.6 is 0 Å². The van der Waals surface area contributed by atoms with Gasteiger partial charge < -0.3 is 9.64 Å². The summed E-state index contributed by atoms with van der Waals surface area (Å²) in [5.74, 6) is -2.11. The maximum atomic E-state index is 15.6.